The lowest BCUT2D eigenvalue weighted by Gasteiger charge is -2.15. The summed E-state index contributed by atoms with van der Waals surface area (Å²) in [6.07, 6.45) is -4.03. The summed E-state index contributed by atoms with van der Waals surface area (Å²) in [5.74, 6) is -1.97. The number of hydrogen-bond acceptors (Lipinski definition) is 5. The van der Waals surface area contributed by atoms with Crippen LogP contribution in [0.2, 0.25) is 5.02 Å². The number of alkyl halides is 3. The van der Waals surface area contributed by atoms with Gasteiger partial charge < -0.3 is 14.8 Å². The van der Waals surface area contributed by atoms with Crippen molar-refractivity contribution >= 4 is 29.2 Å². The van der Waals surface area contributed by atoms with Crippen LogP contribution in [0.15, 0.2) is 30.0 Å². The Balaban J connectivity index is 3.27. The van der Waals surface area contributed by atoms with E-state index in [4.69, 9.17) is 11.6 Å². The van der Waals surface area contributed by atoms with Gasteiger partial charge in [-0.15, -0.1) is 0 Å². The first-order chi connectivity index (χ1) is 10.2. The van der Waals surface area contributed by atoms with Gasteiger partial charge in [0.1, 0.15) is 5.70 Å². The van der Waals surface area contributed by atoms with Gasteiger partial charge in [-0.25, -0.2) is 9.59 Å². The fraction of sp³-hybridized carbons (Fsp3) is 0.231. The highest BCUT2D eigenvalue weighted by Crippen LogP contribution is 2.37. The molecule has 0 bridgehead atoms. The minimum atomic E-state index is -4.71. The molecule has 5 nitrogen and oxygen atoms in total. The molecule has 0 spiro atoms. The van der Waals surface area contributed by atoms with Crippen LogP contribution in [-0.4, -0.2) is 26.2 Å². The Kier molecular flexibility index (Phi) is 5.81. The lowest BCUT2D eigenvalue weighted by atomic mass is 10.1. The maximum absolute atomic E-state index is 13.0. The van der Waals surface area contributed by atoms with Gasteiger partial charge in [0.2, 0.25) is 0 Å². The van der Waals surface area contributed by atoms with Crippen LogP contribution in [0.25, 0.3) is 0 Å². The number of halogens is 4. The van der Waals surface area contributed by atoms with E-state index >= 15 is 0 Å². The van der Waals surface area contributed by atoms with E-state index in [1.165, 1.54) is 6.07 Å². The number of carbonyl (C=O) groups is 2. The smallest absolute Gasteiger partial charge is 0.418 e. The molecule has 0 aromatic heterocycles. The van der Waals surface area contributed by atoms with Crippen LogP contribution in [0.5, 0.6) is 0 Å². The summed E-state index contributed by atoms with van der Waals surface area (Å²) < 4.78 is 47.6. The molecular formula is C13H11ClF3NO4. The Bertz CT molecular complexity index is 614. The SMILES string of the molecule is COC(=O)/C=C(/Nc1ccc(Cl)cc1C(F)(F)F)C(=O)OC. The van der Waals surface area contributed by atoms with Crippen molar-refractivity contribution in [2.45, 2.75) is 6.18 Å². The molecule has 9 heteroatoms. The van der Waals surface area contributed by atoms with Crippen molar-refractivity contribution in [1.29, 1.82) is 0 Å². The largest absolute Gasteiger partial charge is 0.466 e. The monoisotopic (exact) mass is 337 g/mol. The third-order valence-corrected chi connectivity index (χ3v) is 2.66. The van der Waals surface area contributed by atoms with Gasteiger partial charge in [-0.3, -0.25) is 0 Å². The van der Waals surface area contributed by atoms with Gasteiger partial charge in [-0.05, 0) is 18.2 Å². The van der Waals surface area contributed by atoms with Crippen molar-refractivity contribution in [3.63, 3.8) is 0 Å². The average Bonchev–Trinajstić information content (AvgIpc) is 2.46. The fourth-order valence-electron chi connectivity index (χ4n) is 1.44. The molecule has 0 aliphatic heterocycles. The number of nitrogens with one attached hydrogen (secondary N) is 1. The number of ether oxygens (including phenoxy) is 2. The maximum Gasteiger partial charge on any atom is 0.418 e. The molecule has 0 aliphatic rings. The number of esters is 2. The summed E-state index contributed by atoms with van der Waals surface area (Å²) >= 11 is 5.55. The molecule has 1 aromatic carbocycles. The van der Waals surface area contributed by atoms with Crippen LogP contribution in [0.1, 0.15) is 5.56 Å². The second-order valence-electron chi connectivity index (χ2n) is 3.89. The molecule has 0 heterocycles. The summed E-state index contributed by atoms with van der Waals surface area (Å²) in [5.41, 5.74) is -2.07. The molecule has 0 radical (unpaired) electrons. The number of methoxy groups -OCH3 is 2. The summed E-state index contributed by atoms with van der Waals surface area (Å²) in [6, 6.07) is 2.92. The van der Waals surface area contributed by atoms with Gasteiger partial charge in [0, 0.05) is 5.02 Å². The zero-order valence-electron chi connectivity index (χ0n) is 11.5. The summed E-state index contributed by atoms with van der Waals surface area (Å²) in [5, 5.41) is 2.07. The highest BCUT2D eigenvalue weighted by atomic mass is 35.5. The van der Waals surface area contributed by atoms with Gasteiger partial charge >= 0.3 is 18.1 Å². The third kappa shape index (κ3) is 4.66. The van der Waals surface area contributed by atoms with E-state index < -0.39 is 35.1 Å². The van der Waals surface area contributed by atoms with E-state index in [-0.39, 0.29) is 5.02 Å². The molecule has 1 aromatic rings. The second-order valence-corrected chi connectivity index (χ2v) is 4.32. The van der Waals surface area contributed by atoms with Crippen LogP contribution in [0.4, 0.5) is 18.9 Å². The van der Waals surface area contributed by atoms with Crippen molar-refractivity contribution in [3.8, 4) is 0 Å². The van der Waals surface area contributed by atoms with Crippen molar-refractivity contribution in [3.05, 3.63) is 40.6 Å². The molecule has 0 saturated carbocycles. The lowest BCUT2D eigenvalue weighted by molar-refractivity contribution is -0.138. The van der Waals surface area contributed by atoms with Crippen LogP contribution >= 0.6 is 11.6 Å². The Morgan fingerprint density at radius 2 is 1.86 bits per heavy atom. The summed E-state index contributed by atoms with van der Waals surface area (Å²) in [7, 11) is 2.07. The summed E-state index contributed by atoms with van der Waals surface area (Å²) in [6.45, 7) is 0. The van der Waals surface area contributed by atoms with E-state index in [1.807, 2.05) is 0 Å². The zero-order valence-corrected chi connectivity index (χ0v) is 12.2. The van der Waals surface area contributed by atoms with Crippen LogP contribution in [0, 0.1) is 0 Å². The predicted molar refractivity (Wildman–Crippen MR) is 72.2 cm³/mol. The molecular weight excluding hydrogens is 327 g/mol. The van der Waals surface area contributed by atoms with E-state index in [2.05, 4.69) is 14.8 Å². The molecule has 0 atom stereocenters. The van der Waals surface area contributed by atoms with Crippen molar-refractivity contribution in [2.75, 3.05) is 19.5 Å². The third-order valence-electron chi connectivity index (χ3n) is 2.43. The first-order valence-corrected chi connectivity index (χ1v) is 6.08. The number of anilines is 1. The highest BCUT2D eigenvalue weighted by molar-refractivity contribution is 6.30. The number of benzene rings is 1. The van der Waals surface area contributed by atoms with Crippen LogP contribution in [-0.2, 0) is 25.2 Å². The number of carbonyl (C=O) groups excluding carboxylic acids is 2. The molecule has 1 rings (SSSR count). The van der Waals surface area contributed by atoms with E-state index in [9.17, 15) is 22.8 Å². The van der Waals surface area contributed by atoms with Crippen molar-refractivity contribution < 1.29 is 32.2 Å². The molecule has 0 unspecified atom stereocenters. The Morgan fingerprint density at radius 3 is 2.36 bits per heavy atom. The summed E-state index contributed by atoms with van der Waals surface area (Å²) in [4.78, 5) is 22.7. The molecule has 0 saturated heterocycles. The first kappa shape index (κ1) is 17.8. The Labute approximate surface area is 128 Å². The van der Waals surface area contributed by atoms with Gasteiger partial charge in [0.05, 0.1) is 31.5 Å². The van der Waals surface area contributed by atoms with E-state index in [1.54, 1.807) is 0 Å². The second kappa shape index (κ2) is 7.17. The molecule has 120 valence electrons. The predicted octanol–water partition coefficient (Wildman–Crippen LogP) is 3.00. The molecule has 0 aliphatic carbocycles. The van der Waals surface area contributed by atoms with Crippen LogP contribution < -0.4 is 5.32 Å². The molecule has 0 amide bonds. The highest BCUT2D eigenvalue weighted by Gasteiger charge is 2.34. The standard InChI is InChI=1S/C13H11ClF3NO4/c1-21-11(19)6-10(12(20)22-2)18-9-4-3-7(14)5-8(9)13(15,16)17/h3-6,18H,1-2H3/b10-6+. The van der Waals surface area contributed by atoms with Gasteiger partial charge in [0.25, 0.3) is 0 Å². The first-order valence-electron chi connectivity index (χ1n) is 5.70. The molecule has 0 fully saturated rings. The number of hydrogen-bond donors (Lipinski definition) is 1. The fourth-order valence-corrected chi connectivity index (χ4v) is 1.61. The quantitative estimate of drug-likeness (QED) is 0.676. The van der Waals surface area contributed by atoms with E-state index in [0.717, 1.165) is 20.3 Å². The van der Waals surface area contributed by atoms with Crippen molar-refractivity contribution in [2.24, 2.45) is 0 Å². The topological polar surface area (TPSA) is 64.6 Å². The number of rotatable bonds is 4. The van der Waals surface area contributed by atoms with E-state index in [0.29, 0.717) is 12.1 Å². The maximum atomic E-state index is 13.0. The minimum absolute atomic E-state index is 0.130. The Morgan fingerprint density at radius 1 is 1.23 bits per heavy atom. The minimum Gasteiger partial charge on any atom is -0.466 e. The van der Waals surface area contributed by atoms with Gasteiger partial charge in [-0.2, -0.15) is 13.2 Å². The normalized spacial score (nSPS) is 11.8. The van der Waals surface area contributed by atoms with Crippen LogP contribution in [0.3, 0.4) is 0 Å². The zero-order chi connectivity index (χ0) is 16.9. The Hall–Kier alpha value is -2.22. The van der Waals surface area contributed by atoms with Crippen molar-refractivity contribution in [1.82, 2.24) is 0 Å². The van der Waals surface area contributed by atoms with Gasteiger partial charge in [-0.1, -0.05) is 11.6 Å². The average molecular weight is 338 g/mol. The lowest BCUT2D eigenvalue weighted by Crippen LogP contribution is -2.18. The molecule has 22 heavy (non-hydrogen) atoms. The van der Waals surface area contributed by atoms with Gasteiger partial charge in [0.15, 0.2) is 0 Å². The molecule has 1 N–H and O–H groups in total.